The number of hydrogen-bond acceptors (Lipinski definition) is 3. The molecule has 34 heavy (non-hydrogen) atoms. The normalized spacial score (nSPS) is 14.7. The molecule has 2 aliphatic rings. The van der Waals surface area contributed by atoms with Crippen molar-refractivity contribution < 1.29 is 22.7 Å². The summed E-state index contributed by atoms with van der Waals surface area (Å²) in [4.78, 5) is 16.8. The molecule has 0 unspecified atom stereocenters. The molecule has 1 amide bonds. The van der Waals surface area contributed by atoms with Crippen LogP contribution in [0, 0.1) is 23.4 Å². The van der Waals surface area contributed by atoms with E-state index in [9.17, 15) is 18.0 Å². The quantitative estimate of drug-likeness (QED) is 0.456. The van der Waals surface area contributed by atoms with E-state index in [4.69, 9.17) is 10.5 Å². The second-order valence-corrected chi connectivity index (χ2v) is 8.74. The molecule has 0 saturated heterocycles. The van der Waals surface area contributed by atoms with Gasteiger partial charge in [0.2, 0.25) is 0 Å². The number of halogens is 4. The van der Waals surface area contributed by atoms with Crippen molar-refractivity contribution in [1.82, 2.24) is 9.88 Å². The predicted molar refractivity (Wildman–Crippen MR) is 126 cm³/mol. The van der Waals surface area contributed by atoms with Gasteiger partial charge in [0.25, 0.3) is 5.91 Å². The van der Waals surface area contributed by atoms with Crippen LogP contribution in [0.25, 0.3) is 17.0 Å². The molecule has 5 nitrogen and oxygen atoms in total. The summed E-state index contributed by atoms with van der Waals surface area (Å²) in [6, 6.07) is 4.78. The Morgan fingerprint density at radius 2 is 1.97 bits per heavy atom. The number of carbonyl (C=O) groups excluding carboxylic acids is 1. The second-order valence-electron chi connectivity index (χ2n) is 8.74. The number of aromatic nitrogens is 1. The van der Waals surface area contributed by atoms with Gasteiger partial charge in [0, 0.05) is 30.7 Å². The van der Waals surface area contributed by atoms with Gasteiger partial charge < -0.3 is 20.4 Å². The summed E-state index contributed by atoms with van der Waals surface area (Å²) in [6.07, 6.45) is 7.14. The number of rotatable bonds is 8. The monoisotopic (exact) mass is 491 g/mol. The number of nitrogens with zero attached hydrogens (tertiary/aromatic N) is 1. The van der Waals surface area contributed by atoms with E-state index in [-0.39, 0.29) is 35.9 Å². The van der Waals surface area contributed by atoms with Crippen molar-refractivity contribution in [3.63, 3.8) is 0 Å². The molecule has 2 heterocycles. The number of benzene rings is 2. The Morgan fingerprint density at radius 3 is 2.71 bits per heavy atom. The Kier molecular flexibility index (Phi) is 6.79. The van der Waals surface area contributed by atoms with Crippen LogP contribution in [0.2, 0.25) is 0 Å². The van der Waals surface area contributed by atoms with E-state index >= 15 is 0 Å². The molecule has 9 heteroatoms. The predicted octanol–water partition coefficient (Wildman–Crippen LogP) is 5.18. The molecule has 180 valence electrons. The number of ether oxygens (including phenoxy) is 1. The number of carbonyl (C=O) groups is 1. The maximum Gasteiger partial charge on any atom is 0.252 e. The Hall–Kier alpha value is -3.13. The van der Waals surface area contributed by atoms with Gasteiger partial charge in [-0.1, -0.05) is 0 Å². The van der Waals surface area contributed by atoms with Crippen LogP contribution in [0.5, 0.6) is 5.75 Å². The first-order valence-electron chi connectivity index (χ1n) is 11.1. The first kappa shape index (κ1) is 24.0. The highest BCUT2D eigenvalue weighted by molar-refractivity contribution is 5.97. The molecule has 2 aromatic carbocycles. The molecular formula is C25H25ClF3N3O2. The van der Waals surface area contributed by atoms with Crippen molar-refractivity contribution in [3.8, 4) is 5.75 Å². The van der Waals surface area contributed by atoms with Gasteiger partial charge in [0.05, 0.1) is 22.3 Å². The first-order valence-corrected chi connectivity index (χ1v) is 11.1. The standard InChI is InChI=1S/C25H24F3N3O2.ClH/c26-16-8-19-15(11-30-23(19)22(28)9-16)2-1-7-31(12-14-3-4-14)17-10-20-21(27)6-5-18(25(29)32)24(20)33-13-17;/h5-6,8-11,14,30H,1-4,7,12-13H2,(H2,29,32);1H. The third kappa shape index (κ3) is 4.73. The zero-order valence-electron chi connectivity index (χ0n) is 18.4. The number of amides is 1. The van der Waals surface area contributed by atoms with Crippen LogP contribution < -0.4 is 10.5 Å². The van der Waals surface area contributed by atoms with Gasteiger partial charge in [-0.25, -0.2) is 13.2 Å². The molecule has 1 fully saturated rings. The number of H-pyrrole nitrogens is 1. The smallest absolute Gasteiger partial charge is 0.252 e. The molecular weight excluding hydrogens is 467 g/mol. The summed E-state index contributed by atoms with van der Waals surface area (Å²) in [6.45, 7) is 1.73. The van der Waals surface area contributed by atoms with Gasteiger partial charge in [-0.05, 0) is 61.4 Å². The molecule has 3 N–H and O–H groups in total. The highest BCUT2D eigenvalue weighted by atomic mass is 35.5. The zero-order valence-corrected chi connectivity index (χ0v) is 19.2. The third-order valence-corrected chi connectivity index (χ3v) is 6.33. The van der Waals surface area contributed by atoms with Crippen LogP contribution in [0.15, 0.2) is 36.2 Å². The number of hydrogen-bond donors (Lipinski definition) is 2. The van der Waals surface area contributed by atoms with Crippen molar-refractivity contribution >= 4 is 35.3 Å². The van der Waals surface area contributed by atoms with E-state index in [1.807, 2.05) is 0 Å². The van der Waals surface area contributed by atoms with Crippen LogP contribution >= 0.6 is 12.4 Å². The summed E-state index contributed by atoms with van der Waals surface area (Å²) in [5, 5.41) is 0.552. The van der Waals surface area contributed by atoms with Crippen molar-refractivity contribution in [2.45, 2.75) is 25.7 Å². The van der Waals surface area contributed by atoms with Crippen molar-refractivity contribution in [2.75, 3.05) is 19.7 Å². The van der Waals surface area contributed by atoms with Gasteiger partial charge in [-0.2, -0.15) is 0 Å². The lowest BCUT2D eigenvalue weighted by Gasteiger charge is -2.31. The van der Waals surface area contributed by atoms with Crippen molar-refractivity contribution in [1.29, 1.82) is 0 Å². The molecule has 0 radical (unpaired) electrons. The molecule has 1 saturated carbocycles. The lowest BCUT2D eigenvalue weighted by atomic mass is 10.0. The van der Waals surface area contributed by atoms with E-state index in [1.54, 1.807) is 12.3 Å². The van der Waals surface area contributed by atoms with Crippen molar-refractivity contribution in [2.24, 2.45) is 11.7 Å². The average molecular weight is 492 g/mol. The molecule has 1 aliphatic heterocycles. The van der Waals surface area contributed by atoms with Crippen LogP contribution in [-0.2, 0) is 6.42 Å². The van der Waals surface area contributed by atoms with E-state index < -0.39 is 23.4 Å². The number of aryl methyl sites for hydroxylation is 1. The van der Waals surface area contributed by atoms with Crippen LogP contribution in [-0.4, -0.2) is 35.5 Å². The number of nitrogens with two attached hydrogens (primary N) is 1. The molecule has 1 aliphatic carbocycles. The van der Waals surface area contributed by atoms with E-state index in [0.29, 0.717) is 29.8 Å². The lowest BCUT2D eigenvalue weighted by Crippen LogP contribution is -2.31. The van der Waals surface area contributed by atoms with Crippen LogP contribution in [0.4, 0.5) is 13.2 Å². The Bertz CT molecular complexity index is 1270. The topological polar surface area (TPSA) is 71.4 Å². The minimum Gasteiger partial charge on any atom is -0.486 e. The van der Waals surface area contributed by atoms with Crippen molar-refractivity contribution in [3.05, 3.63) is 70.3 Å². The van der Waals surface area contributed by atoms with Gasteiger partial charge in [0.15, 0.2) is 0 Å². The third-order valence-electron chi connectivity index (χ3n) is 6.33. The second kappa shape index (κ2) is 9.62. The highest BCUT2D eigenvalue weighted by Gasteiger charge is 2.28. The maximum absolute atomic E-state index is 14.5. The molecule has 5 rings (SSSR count). The van der Waals surface area contributed by atoms with Crippen LogP contribution in [0.1, 0.15) is 40.7 Å². The van der Waals surface area contributed by atoms with Crippen LogP contribution in [0.3, 0.4) is 0 Å². The number of fused-ring (bicyclic) bond motifs is 2. The Balaban J connectivity index is 0.00000274. The fraction of sp³-hybridized carbons (Fsp3) is 0.320. The SMILES string of the molecule is Cl.NC(=O)c1ccc(F)c2c1OCC(N(CCCc1c[nH]c3c(F)cc(F)cc13)CC1CC1)=C2. The summed E-state index contributed by atoms with van der Waals surface area (Å²) in [5.74, 6) is -1.57. The fourth-order valence-corrected chi connectivity index (χ4v) is 4.44. The zero-order chi connectivity index (χ0) is 23.1. The Morgan fingerprint density at radius 1 is 1.18 bits per heavy atom. The summed E-state index contributed by atoms with van der Waals surface area (Å²) < 4.78 is 48.0. The summed E-state index contributed by atoms with van der Waals surface area (Å²) in [7, 11) is 0. The number of nitrogens with one attached hydrogen (secondary N) is 1. The number of primary amides is 1. The number of aromatic amines is 1. The minimum absolute atomic E-state index is 0. The largest absolute Gasteiger partial charge is 0.486 e. The molecule has 0 atom stereocenters. The highest BCUT2D eigenvalue weighted by Crippen LogP contribution is 2.36. The molecule has 0 bridgehead atoms. The average Bonchev–Trinajstić information content (AvgIpc) is 3.51. The van der Waals surface area contributed by atoms with E-state index in [1.165, 1.54) is 18.2 Å². The maximum atomic E-state index is 14.5. The minimum atomic E-state index is -0.662. The molecule has 0 spiro atoms. The lowest BCUT2D eigenvalue weighted by molar-refractivity contribution is 0.0996. The van der Waals surface area contributed by atoms with Gasteiger partial charge in [-0.15, -0.1) is 12.4 Å². The van der Waals surface area contributed by atoms with Gasteiger partial charge >= 0.3 is 0 Å². The Labute approximate surface area is 201 Å². The summed E-state index contributed by atoms with van der Waals surface area (Å²) >= 11 is 0. The molecule has 3 aromatic rings. The summed E-state index contributed by atoms with van der Waals surface area (Å²) in [5.41, 5.74) is 7.80. The van der Waals surface area contributed by atoms with Gasteiger partial charge in [0.1, 0.15) is 29.8 Å². The molecule has 1 aromatic heterocycles. The fourth-order valence-electron chi connectivity index (χ4n) is 4.44. The van der Waals surface area contributed by atoms with E-state index in [2.05, 4.69) is 9.88 Å². The van der Waals surface area contributed by atoms with E-state index in [0.717, 1.165) is 43.1 Å². The first-order chi connectivity index (χ1) is 15.9. The van der Waals surface area contributed by atoms with Gasteiger partial charge in [-0.3, -0.25) is 4.79 Å².